The second-order valence-corrected chi connectivity index (χ2v) is 15.4. The topological polar surface area (TPSA) is 67.4 Å². The number of thiophene rings is 1. The number of para-hydroxylation sites is 2. The molecule has 270 valence electrons. The monoisotopic (exact) mass is 757 g/mol. The molecule has 0 saturated carbocycles. The van der Waals surface area contributed by atoms with E-state index in [0.29, 0.717) is 28.6 Å². The summed E-state index contributed by atoms with van der Waals surface area (Å²) in [5.41, 5.74) is 9.88. The van der Waals surface area contributed by atoms with Crippen LogP contribution >= 0.6 is 11.3 Å². The predicted octanol–water partition coefficient (Wildman–Crippen LogP) is 13.5. The molecular formula is C52H31N5S. The molecule has 0 spiro atoms. The van der Waals surface area contributed by atoms with Crippen LogP contribution in [-0.2, 0) is 0 Å². The molecule has 0 N–H and O–H groups in total. The third-order valence-corrected chi connectivity index (χ3v) is 12.1. The van der Waals surface area contributed by atoms with Gasteiger partial charge < -0.3 is 4.57 Å². The first-order valence-electron chi connectivity index (χ1n) is 19.2. The maximum atomic E-state index is 11.0. The first-order chi connectivity index (χ1) is 28.7. The fourth-order valence-electron chi connectivity index (χ4n) is 8.24. The van der Waals surface area contributed by atoms with Crippen molar-refractivity contribution in [3.8, 4) is 68.2 Å². The second kappa shape index (κ2) is 13.8. The molecule has 11 rings (SSSR count). The van der Waals surface area contributed by atoms with Crippen LogP contribution in [-0.4, -0.2) is 19.5 Å². The number of hydrogen-bond acceptors (Lipinski definition) is 5. The van der Waals surface area contributed by atoms with E-state index >= 15 is 0 Å². The highest BCUT2D eigenvalue weighted by Gasteiger charge is 2.24. The van der Waals surface area contributed by atoms with Gasteiger partial charge in [-0.1, -0.05) is 152 Å². The molecule has 8 aromatic carbocycles. The number of aromatic nitrogens is 4. The molecule has 0 aliphatic rings. The van der Waals surface area contributed by atoms with Gasteiger partial charge in [0, 0.05) is 42.1 Å². The van der Waals surface area contributed by atoms with Crippen molar-refractivity contribution in [1.82, 2.24) is 19.5 Å². The Kier molecular flexibility index (Phi) is 7.99. The second-order valence-electron chi connectivity index (χ2n) is 14.3. The molecule has 11 aromatic rings. The van der Waals surface area contributed by atoms with Gasteiger partial charge in [0.2, 0.25) is 0 Å². The van der Waals surface area contributed by atoms with E-state index in [-0.39, 0.29) is 0 Å². The van der Waals surface area contributed by atoms with Gasteiger partial charge in [-0.3, -0.25) is 0 Å². The van der Waals surface area contributed by atoms with E-state index in [4.69, 9.17) is 15.0 Å². The molecule has 0 amide bonds. The van der Waals surface area contributed by atoms with Crippen LogP contribution in [0.3, 0.4) is 0 Å². The summed E-state index contributed by atoms with van der Waals surface area (Å²) in [6, 6.07) is 67.3. The largest absolute Gasteiger partial charge is 0.308 e. The van der Waals surface area contributed by atoms with E-state index in [1.807, 2.05) is 65.9 Å². The molecule has 58 heavy (non-hydrogen) atoms. The number of nitriles is 1. The highest BCUT2D eigenvalue weighted by molar-refractivity contribution is 7.26. The van der Waals surface area contributed by atoms with E-state index in [1.165, 1.54) is 20.2 Å². The highest BCUT2D eigenvalue weighted by Crippen LogP contribution is 2.42. The third-order valence-electron chi connectivity index (χ3n) is 10.9. The Labute approximate surface area is 338 Å². The normalized spacial score (nSPS) is 11.4. The van der Waals surface area contributed by atoms with Crippen molar-refractivity contribution in [1.29, 1.82) is 5.26 Å². The molecule has 0 atom stereocenters. The van der Waals surface area contributed by atoms with Crippen molar-refractivity contribution < 1.29 is 0 Å². The summed E-state index contributed by atoms with van der Waals surface area (Å²) in [6.07, 6.45) is 0. The van der Waals surface area contributed by atoms with Gasteiger partial charge in [-0.2, -0.15) is 5.26 Å². The Morgan fingerprint density at radius 2 is 0.983 bits per heavy atom. The smallest absolute Gasteiger partial charge is 0.167 e. The van der Waals surface area contributed by atoms with Gasteiger partial charge in [0.1, 0.15) is 0 Å². The van der Waals surface area contributed by atoms with Crippen molar-refractivity contribution in [3.05, 3.63) is 194 Å². The van der Waals surface area contributed by atoms with E-state index in [1.54, 1.807) is 0 Å². The minimum absolute atomic E-state index is 0.425. The van der Waals surface area contributed by atoms with Crippen LogP contribution in [0, 0.1) is 11.3 Å². The van der Waals surface area contributed by atoms with Gasteiger partial charge >= 0.3 is 0 Å². The summed E-state index contributed by atoms with van der Waals surface area (Å²) in [5, 5.41) is 15.8. The molecule has 3 heterocycles. The average molecular weight is 758 g/mol. The summed E-state index contributed by atoms with van der Waals surface area (Å²) in [5.74, 6) is 1.48. The number of hydrogen-bond donors (Lipinski definition) is 0. The quantitative estimate of drug-likeness (QED) is 0.169. The van der Waals surface area contributed by atoms with Gasteiger partial charge in [-0.05, 0) is 58.7 Å². The summed E-state index contributed by atoms with van der Waals surface area (Å²) in [4.78, 5) is 15.6. The average Bonchev–Trinajstić information content (AvgIpc) is 3.85. The Balaban J connectivity index is 1.18. The lowest BCUT2D eigenvalue weighted by Crippen LogP contribution is -2.06. The van der Waals surface area contributed by atoms with Gasteiger partial charge in [0.25, 0.3) is 0 Å². The van der Waals surface area contributed by atoms with Crippen molar-refractivity contribution in [2.75, 3.05) is 0 Å². The standard InChI is InChI=1S/C52H31N5S/c53-32-38-30-37(33-15-3-1-4-16-33)31-46(57-44-26-10-7-21-40(44)41-22-8-11-27-45(41)57)48(38)52-55-50(34-17-5-2-6-18-34)54-51(56-52)36-20-13-19-35(29-36)39-24-14-25-43-42-23-9-12-28-47(42)58-49(39)43/h1-31H. The number of fused-ring (bicyclic) bond motifs is 6. The van der Waals surface area contributed by atoms with Gasteiger partial charge in [0.15, 0.2) is 17.5 Å². The van der Waals surface area contributed by atoms with E-state index < -0.39 is 0 Å². The molecular weight excluding hydrogens is 727 g/mol. The van der Waals surface area contributed by atoms with Crippen molar-refractivity contribution in [2.24, 2.45) is 0 Å². The molecule has 0 unspecified atom stereocenters. The first kappa shape index (κ1) is 33.6. The Hall–Kier alpha value is -7.72. The van der Waals surface area contributed by atoms with Gasteiger partial charge in [-0.15, -0.1) is 11.3 Å². The molecule has 0 saturated heterocycles. The van der Waals surface area contributed by atoms with Crippen LogP contribution in [0.1, 0.15) is 5.56 Å². The summed E-state index contributed by atoms with van der Waals surface area (Å²) in [7, 11) is 0. The third kappa shape index (κ3) is 5.56. The summed E-state index contributed by atoms with van der Waals surface area (Å²) in [6.45, 7) is 0. The molecule has 5 nitrogen and oxygen atoms in total. The zero-order valence-electron chi connectivity index (χ0n) is 31.0. The zero-order valence-corrected chi connectivity index (χ0v) is 31.9. The SMILES string of the molecule is N#Cc1cc(-c2ccccc2)cc(-n2c3ccccc3c3ccccc32)c1-c1nc(-c2ccccc2)nc(-c2cccc(-c3cccc4c3sc3ccccc34)c2)n1. The predicted molar refractivity (Wildman–Crippen MR) is 239 cm³/mol. The Morgan fingerprint density at radius 1 is 0.431 bits per heavy atom. The molecule has 0 fully saturated rings. The Bertz CT molecular complexity index is 3360. The summed E-state index contributed by atoms with van der Waals surface area (Å²) >= 11 is 1.82. The van der Waals surface area contributed by atoms with Crippen molar-refractivity contribution in [3.63, 3.8) is 0 Å². The molecule has 6 heteroatoms. The van der Waals surface area contributed by atoms with Crippen LogP contribution in [0.15, 0.2) is 188 Å². The van der Waals surface area contributed by atoms with Crippen LogP contribution in [0.4, 0.5) is 0 Å². The van der Waals surface area contributed by atoms with Crippen molar-refractivity contribution >= 4 is 53.3 Å². The fourth-order valence-corrected chi connectivity index (χ4v) is 9.48. The van der Waals surface area contributed by atoms with Crippen LogP contribution in [0.5, 0.6) is 0 Å². The molecule has 0 aliphatic carbocycles. The lowest BCUT2D eigenvalue weighted by Gasteiger charge is -2.18. The maximum Gasteiger partial charge on any atom is 0.167 e. The number of benzene rings is 8. The van der Waals surface area contributed by atoms with Gasteiger partial charge in [-0.25, -0.2) is 15.0 Å². The van der Waals surface area contributed by atoms with E-state index in [0.717, 1.165) is 60.9 Å². The highest BCUT2D eigenvalue weighted by atomic mass is 32.1. The van der Waals surface area contributed by atoms with E-state index in [9.17, 15) is 5.26 Å². The van der Waals surface area contributed by atoms with Crippen molar-refractivity contribution in [2.45, 2.75) is 0 Å². The fraction of sp³-hybridized carbons (Fsp3) is 0. The van der Waals surface area contributed by atoms with Crippen LogP contribution in [0.25, 0.3) is 104 Å². The lowest BCUT2D eigenvalue weighted by molar-refractivity contribution is 1.06. The Morgan fingerprint density at radius 3 is 1.71 bits per heavy atom. The van der Waals surface area contributed by atoms with Crippen LogP contribution in [0.2, 0.25) is 0 Å². The van der Waals surface area contributed by atoms with Gasteiger partial charge in [0.05, 0.1) is 33.9 Å². The lowest BCUT2D eigenvalue weighted by atomic mass is 9.96. The molecule has 0 aliphatic heterocycles. The number of nitrogens with zero attached hydrogens (tertiary/aromatic N) is 5. The molecule has 0 bridgehead atoms. The first-order valence-corrected chi connectivity index (χ1v) is 20.0. The maximum absolute atomic E-state index is 11.0. The molecule has 0 radical (unpaired) electrons. The molecule has 3 aromatic heterocycles. The van der Waals surface area contributed by atoms with Crippen LogP contribution < -0.4 is 0 Å². The van der Waals surface area contributed by atoms with E-state index in [2.05, 4.69) is 144 Å². The minimum Gasteiger partial charge on any atom is -0.308 e. The minimum atomic E-state index is 0.425. The zero-order chi connectivity index (χ0) is 38.6. The summed E-state index contributed by atoms with van der Waals surface area (Å²) < 4.78 is 4.77. The number of rotatable bonds is 6.